The molecule has 0 atom stereocenters. The third kappa shape index (κ3) is 2.29. The van der Waals surface area contributed by atoms with Crippen molar-refractivity contribution in [2.45, 2.75) is 25.2 Å². The van der Waals surface area contributed by atoms with Crippen LogP contribution in [0.15, 0.2) is 24.3 Å². The maximum absolute atomic E-state index is 12.5. The van der Waals surface area contributed by atoms with Gasteiger partial charge in [0.25, 0.3) is 0 Å². The quantitative estimate of drug-likeness (QED) is 0.892. The molecule has 1 aromatic rings. The topological polar surface area (TPSA) is 47.6 Å². The van der Waals surface area contributed by atoms with Crippen LogP contribution in [0.25, 0.3) is 0 Å². The molecule has 1 saturated heterocycles. The van der Waals surface area contributed by atoms with E-state index in [2.05, 4.69) is 12.2 Å². The zero-order valence-electron chi connectivity index (χ0n) is 12.1. The molecular weight excluding hydrogens is 254 g/mol. The molecule has 108 valence electrons. The largest absolute Gasteiger partial charge is 0.497 e. The Balaban J connectivity index is 1.66. The maximum Gasteiger partial charge on any atom is 0.230 e. The van der Waals surface area contributed by atoms with Gasteiger partial charge in [0, 0.05) is 12.0 Å². The predicted molar refractivity (Wildman–Crippen MR) is 75.8 cm³/mol. The van der Waals surface area contributed by atoms with Crippen LogP contribution in [0.3, 0.4) is 0 Å². The molecule has 1 amide bonds. The van der Waals surface area contributed by atoms with Crippen molar-refractivity contribution in [3.63, 3.8) is 0 Å². The van der Waals surface area contributed by atoms with Gasteiger partial charge >= 0.3 is 0 Å². The van der Waals surface area contributed by atoms with E-state index in [1.807, 2.05) is 24.3 Å². The number of methoxy groups -OCH3 is 1. The van der Waals surface area contributed by atoms with Crippen LogP contribution >= 0.6 is 0 Å². The summed E-state index contributed by atoms with van der Waals surface area (Å²) in [5.74, 6) is 0.972. The Bertz CT molecular complexity index is 501. The third-order valence-corrected chi connectivity index (χ3v) is 4.40. The smallest absolute Gasteiger partial charge is 0.230 e. The van der Waals surface area contributed by atoms with Gasteiger partial charge in [-0.25, -0.2) is 0 Å². The summed E-state index contributed by atoms with van der Waals surface area (Å²) in [4.78, 5) is 12.5. The summed E-state index contributed by atoms with van der Waals surface area (Å²) < 4.78 is 10.4. The van der Waals surface area contributed by atoms with Gasteiger partial charge in [-0.3, -0.25) is 4.79 Å². The minimum atomic E-state index is -0.312. The van der Waals surface area contributed by atoms with Gasteiger partial charge in [0.15, 0.2) is 0 Å². The summed E-state index contributed by atoms with van der Waals surface area (Å²) in [5.41, 5.74) is 0.893. The summed E-state index contributed by atoms with van der Waals surface area (Å²) >= 11 is 0. The van der Waals surface area contributed by atoms with Crippen LogP contribution in [0.4, 0.5) is 0 Å². The maximum atomic E-state index is 12.5. The predicted octanol–water partition coefficient (Wildman–Crippen LogP) is 1.88. The van der Waals surface area contributed by atoms with Crippen molar-refractivity contribution in [1.29, 1.82) is 0 Å². The van der Waals surface area contributed by atoms with E-state index < -0.39 is 0 Å². The van der Waals surface area contributed by atoms with Gasteiger partial charge in [-0.05, 0) is 30.5 Å². The first-order valence-electron chi connectivity index (χ1n) is 7.09. The van der Waals surface area contributed by atoms with Crippen LogP contribution in [0.2, 0.25) is 0 Å². The number of carbonyl (C=O) groups is 1. The average molecular weight is 275 g/mol. The fraction of sp³-hybridized carbons (Fsp3) is 0.562. The second-order valence-electron chi connectivity index (χ2n) is 6.30. The summed E-state index contributed by atoms with van der Waals surface area (Å²) in [5, 5.41) is 3.10. The van der Waals surface area contributed by atoms with E-state index >= 15 is 0 Å². The molecule has 1 aliphatic carbocycles. The molecule has 2 fully saturated rings. The average Bonchev–Trinajstić information content (AvgIpc) is 3.24. The SMILES string of the molecule is COc1ccc(C2(C(=O)NCC3(C)COC3)CC2)cc1. The van der Waals surface area contributed by atoms with Crippen molar-refractivity contribution in [2.75, 3.05) is 26.9 Å². The molecule has 0 spiro atoms. The van der Waals surface area contributed by atoms with E-state index in [0.717, 1.165) is 37.4 Å². The lowest BCUT2D eigenvalue weighted by Crippen LogP contribution is -2.50. The van der Waals surface area contributed by atoms with E-state index in [1.54, 1.807) is 7.11 Å². The molecule has 1 aromatic carbocycles. The molecule has 0 aromatic heterocycles. The normalized spacial score (nSPS) is 21.7. The second-order valence-corrected chi connectivity index (χ2v) is 6.30. The van der Waals surface area contributed by atoms with Crippen molar-refractivity contribution < 1.29 is 14.3 Å². The van der Waals surface area contributed by atoms with Crippen molar-refractivity contribution in [3.8, 4) is 5.75 Å². The van der Waals surface area contributed by atoms with E-state index in [-0.39, 0.29) is 16.7 Å². The lowest BCUT2D eigenvalue weighted by atomic mass is 9.88. The lowest BCUT2D eigenvalue weighted by molar-refractivity contribution is -0.129. The van der Waals surface area contributed by atoms with Gasteiger partial charge in [0.2, 0.25) is 5.91 Å². The highest BCUT2D eigenvalue weighted by atomic mass is 16.5. The summed E-state index contributed by atoms with van der Waals surface area (Å²) in [6.45, 7) is 4.32. The molecule has 0 bridgehead atoms. The number of carbonyl (C=O) groups excluding carboxylic acids is 1. The molecule has 2 aliphatic rings. The highest BCUT2D eigenvalue weighted by molar-refractivity contribution is 5.91. The van der Waals surface area contributed by atoms with Crippen LogP contribution < -0.4 is 10.1 Å². The minimum absolute atomic E-state index is 0.117. The van der Waals surface area contributed by atoms with Gasteiger partial charge in [-0.15, -0.1) is 0 Å². The minimum Gasteiger partial charge on any atom is -0.497 e. The van der Waals surface area contributed by atoms with E-state index in [4.69, 9.17) is 9.47 Å². The Morgan fingerprint density at radius 2 is 1.95 bits per heavy atom. The fourth-order valence-electron chi connectivity index (χ4n) is 2.70. The molecule has 1 heterocycles. The van der Waals surface area contributed by atoms with Crippen molar-refractivity contribution >= 4 is 5.91 Å². The number of hydrogen-bond acceptors (Lipinski definition) is 3. The zero-order chi connectivity index (χ0) is 14.2. The summed E-state index contributed by atoms with van der Waals surface area (Å²) in [6.07, 6.45) is 1.86. The molecule has 0 radical (unpaired) electrons. The number of hydrogen-bond donors (Lipinski definition) is 1. The zero-order valence-corrected chi connectivity index (χ0v) is 12.1. The Kier molecular flexibility index (Phi) is 3.21. The Labute approximate surface area is 119 Å². The number of rotatable bonds is 5. The first kappa shape index (κ1) is 13.4. The van der Waals surface area contributed by atoms with Crippen molar-refractivity contribution in [3.05, 3.63) is 29.8 Å². The van der Waals surface area contributed by atoms with Gasteiger partial charge in [-0.1, -0.05) is 19.1 Å². The number of amides is 1. The molecule has 0 unspecified atom stereocenters. The van der Waals surface area contributed by atoms with Crippen molar-refractivity contribution in [1.82, 2.24) is 5.32 Å². The lowest BCUT2D eigenvalue weighted by Gasteiger charge is -2.38. The molecule has 3 rings (SSSR count). The van der Waals surface area contributed by atoms with Crippen LogP contribution in [0.5, 0.6) is 5.75 Å². The molecule has 4 heteroatoms. The molecule has 20 heavy (non-hydrogen) atoms. The van der Waals surface area contributed by atoms with E-state index in [1.165, 1.54) is 0 Å². The number of benzene rings is 1. The molecule has 1 aliphatic heterocycles. The molecular formula is C16H21NO3. The van der Waals surface area contributed by atoms with Crippen molar-refractivity contribution in [2.24, 2.45) is 5.41 Å². The van der Waals surface area contributed by atoms with E-state index in [9.17, 15) is 4.79 Å². The van der Waals surface area contributed by atoms with E-state index in [0.29, 0.717) is 6.54 Å². The highest BCUT2D eigenvalue weighted by Gasteiger charge is 2.51. The first-order chi connectivity index (χ1) is 9.58. The van der Waals surface area contributed by atoms with Gasteiger partial charge in [0.1, 0.15) is 5.75 Å². The first-order valence-corrected chi connectivity index (χ1v) is 7.09. The van der Waals surface area contributed by atoms with Gasteiger partial charge in [-0.2, -0.15) is 0 Å². The second kappa shape index (κ2) is 4.77. The Morgan fingerprint density at radius 1 is 1.30 bits per heavy atom. The van der Waals surface area contributed by atoms with Crippen LogP contribution in [-0.4, -0.2) is 32.8 Å². The Hall–Kier alpha value is -1.55. The van der Waals surface area contributed by atoms with Crippen LogP contribution in [0, 0.1) is 5.41 Å². The highest BCUT2D eigenvalue weighted by Crippen LogP contribution is 2.48. The van der Waals surface area contributed by atoms with Crippen LogP contribution in [-0.2, 0) is 14.9 Å². The van der Waals surface area contributed by atoms with Gasteiger partial charge in [0.05, 0.1) is 25.7 Å². The molecule has 1 saturated carbocycles. The Morgan fingerprint density at radius 3 is 2.40 bits per heavy atom. The number of nitrogens with one attached hydrogen (secondary N) is 1. The molecule has 1 N–H and O–H groups in total. The third-order valence-electron chi connectivity index (χ3n) is 4.40. The summed E-state index contributed by atoms with van der Waals surface area (Å²) in [7, 11) is 1.65. The standard InChI is InChI=1S/C16H21NO3/c1-15(10-20-11-15)9-17-14(18)16(7-8-16)12-3-5-13(19-2)6-4-12/h3-6H,7-11H2,1-2H3,(H,17,18). The summed E-state index contributed by atoms with van der Waals surface area (Å²) in [6, 6.07) is 7.84. The fourth-order valence-corrected chi connectivity index (χ4v) is 2.70. The number of ether oxygens (including phenoxy) is 2. The monoisotopic (exact) mass is 275 g/mol. The van der Waals surface area contributed by atoms with Crippen LogP contribution in [0.1, 0.15) is 25.3 Å². The molecule has 4 nitrogen and oxygen atoms in total. The van der Waals surface area contributed by atoms with Gasteiger partial charge < -0.3 is 14.8 Å².